The van der Waals surface area contributed by atoms with Gasteiger partial charge in [0.15, 0.2) is 0 Å². The number of likely N-dealkylation sites (N-methyl/N-ethyl adjacent to an activating group) is 1. The smallest absolute Gasteiger partial charge is 0.236 e. The van der Waals surface area contributed by atoms with Gasteiger partial charge < -0.3 is 4.90 Å². The molecule has 1 rings (SSSR count). The quantitative estimate of drug-likeness (QED) is 0.654. The maximum atomic E-state index is 11.6. The lowest BCUT2D eigenvalue weighted by atomic mass is 10.4. The van der Waals surface area contributed by atoms with Gasteiger partial charge in [0.05, 0.1) is 12.6 Å². The summed E-state index contributed by atoms with van der Waals surface area (Å²) in [6.07, 6.45) is 2.76. The number of nitriles is 1. The van der Waals surface area contributed by atoms with Gasteiger partial charge in [0.1, 0.15) is 0 Å². The lowest BCUT2D eigenvalue weighted by molar-refractivity contribution is -0.131. The van der Waals surface area contributed by atoms with Gasteiger partial charge in [0.25, 0.3) is 0 Å². The molecule has 1 amide bonds. The summed E-state index contributed by atoms with van der Waals surface area (Å²) in [6.45, 7) is 2.94. The predicted octanol–water partition coefficient (Wildman–Crippen LogP) is 0.454. The number of rotatable bonds is 4. The van der Waals surface area contributed by atoms with Gasteiger partial charge in [0, 0.05) is 26.1 Å². The second-order valence-electron chi connectivity index (χ2n) is 3.73. The molecule has 0 aromatic heterocycles. The number of carbonyl (C=O) groups is 1. The molecular weight excluding hydrogens is 178 g/mol. The van der Waals surface area contributed by atoms with Crippen molar-refractivity contribution in [1.29, 1.82) is 5.26 Å². The van der Waals surface area contributed by atoms with Crippen molar-refractivity contribution in [3.05, 3.63) is 0 Å². The van der Waals surface area contributed by atoms with E-state index in [2.05, 4.69) is 6.07 Å². The van der Waals surface area contributed by atoms with E-state index in [1.165, 1.54) is 0 Å². The first-order valence-corrected chi connectivity index (χ1v) is 5.07. The first-order chi connectivity index (χ1) is 6.74. The molecule has 0 N–H and O–H groups in total. The van der Waals surface area contributed by atoms with Crippen LogP contribution in [0.1, 0.15) is 19.3 Å². The minimum Gasteiger partial charge on any atom is -0.342 e. The lowest BCUT2D eigenvalue weighted by Crippen LogP contribution is -2.37. The molecule has 0 spiro atoms. The molecule has 1 aliphatic rings. The predicted molar refractivity (Wildman–Crippen MR) is 53.5 cm³/mol. The second kappa shape index (κ2) is 5.61. The van der Waals surface area contributed by atoms with E-state index in [4.69, 9.17) is 5.26 Å². The fraction of sp³-hybridized carbons (Fsp3) is 0.800. The summed E-state index contributed by atoms with van der Waals surface area (Å²) < 4.78 is 0. The highest BCUT2D eigenvalue weighted by molar-refractivity contribution is 5.78. The summed E-state index contributed by atoms with van der Waals surface area (Å²) in [5.41, 5.74) is 0. The highest BCUT2D eigenvalue weighted by atomic mass is 16.2. The maximum Gasteiger partial charge on any atom is 0.236 e. The van der Waals surface area contributed by atoms with E-state index in [1.54, 1.807) is 0 Å². The highest BCUT2D eigenvalue weighted by Gasteiger charge is 2.18. The van der Waals surface area contributed by atoms with E-state index in [0.29, 0.717) is 19.5 Å². The Morgan fingerprint density at radius 3 is 2.71 bits per heavy atom. The zero-order valence-electron chi connectivity index (χ0n) is 8.70. The molecule has 0 aromatic carbocycles. The first kappa shape index (κ1) is 11.0. The van der Waals surface area contributed by atoms with E-state index in [1.807, 2.05) is 16.8 Å². The number of likely N-dealkylation sites (tertiary alicyclic amines) is 1. The van der Waals surface area contributed by atoms with Gasteiger partial charge in [-0.1, -0.05) is 0 Å². The molecule has 1 saturated heterocycles. The van der Waals surface area contributed by atoms with Crippen molar-refractivity contribution in [3.63, 3.8) is 0 Å². The fourth-order valence-electron chi connectivity index (χ4n) is 1.62. The van der Waals surface area contributed by atoms with E-state index in [9.17, 15) is 4.79 Å². The minimum atomic E-state index is 0.197. The van der Waals surface area contributed by atoms with Crippen LogP contribution < -0.4 is 0 Å². The average molecular weight is 195 g/mol. The van der Waals surface area contributed by atoms with Crippen LogP contribution in [0.2, 0.25) is 0 Å². The number of nitrogens with zero attached hydrogens (tertiary/aromatic N) is 3. The first-order valence-electron chi connectivity index (χ1n) is 5.07. The van der Waals surface area contributed by atoms with Gasteiger partial charge in [-0.3, -0.25) is 9.69 Å². The molecule has 1 fully saturated rings. The van der Waals surface area contributed by atoms with Crippen LogP contribution in [0.3, 0.4) is 0 Å². The van der Waals surface area contributed by atoms with Gasteiger partial charge in [0.2, 0.25) is 5.91 Å². The molecule has 0 unspecified atom stereocenters. The van der Waals surface area contributed by atoms with Crippen molar-refractivity contribution in [2.24, 2.45) is 0 Å². The van der Waals surface area contributed by atoms with Gasteiger partial charge in [-0.15, -0.1) is 0 Å². The Kier molecular flexibility index (Phi) is 4.41. The minimum absolute atomic E-state index is 0.197. The zero-order chi connectivity index (χ0) is 10.4. The summed E-state index contributed by atoms with van der Waals surface area (Å²) in [5.74, 6) is 0.197. The van der Waals surface area contributed by atoms with Crippen molar-refractivity contribution in [2.75, 3.05) is 33.2 Å². The topological polar surface area (TPSA) is 47.3 Å². The Morgan fingerprint density at radius 2 is 2.14 bits per heavy atom. The molecule has 0 aromatic rings. The van der Waals surface area contributed by atoms with E-state index >= 15 is 0 Å². The fourth-order valence-corrected chi connectivity index (χ4v) is 1.62. The van der Waals surface area contributed by atoms with Crippen LogP contribution in [-0.4, -0.2) is 48.9 Å². The third kappa shape index (κ3) is 3.35. The Hall–Kier alpha value is -1.08. The van der Waals surface area contributed by atoms with Crippen LogP contribution in [0.5, 0.6) is 0 Å². The maximum absolute atomic E-state index is 11.6. The van der Waals surface area contributed by atoms with Crippen molar-refractivity contribution < 1.29 is 4.79 Å². The molecular formula is C10H17N3O. The Morgan fingerprint density at radius 1 is 1.50 bits per heavy atom. The number of hydrogen-bond donors (Lipinski definition) is 0. The van der Waals surface area contributed by atoms with Gasteiger partial charge in [-0.2, -0.15) is 5.26 Å². The Balaban J connectivity index is 2.22. The Bertz CT molecular complexity index is 228. The van der Waals surface area contributed by atoms with Crippen molar-refractivity contribution in [1.82, 2.24) is 9.80 Å². The third-order valence-corrected chi connectivity index (χ3v) is 2.47. The summed E-state index contributed by atoms with van der Waals surface area (Å²) in [7, 11) is 1.88. The molecule has 0 atom stereocenters. The van der Waals surface area contributed by atoms with E-state index in [-0.39, 0.29) is 5.91 Å². The lowest BCUT2D eigenvalue weighted by Gasteiger charge is -2.20. The molecule has 14 heavy (non-hydrogen) atoms. The van der Waals surface area contributed by atoms with Crippen LogP contribution in [-0.2, 0) is 4.79 Å². The molecule has 78 valence electrons. The summed E-state index contributed by atoms with van der Waals surface area (Å²) in [5, 5.41) is 8.39. The summed E-state index contributed by atoms with van der Waals surface area (Å²) >= 11 is 0. The summed E-state index contributed by atoms with van der Waals surface area (Å²) in [6, 6.07) is 2.07. The molecule has 0 radical (unpaired) electrons. The van der Waals surface area contributed by atoms with Gasteiger partial charge in [-0.05, 0) is 19.9 Å². The van der Waals surface area contributed by atoms with Gasteiger partial charge >= 0.3 is 0 Å². The van der Waals surface area contributed by atoms with Crippen LogP contribution in [0, 0.1) is 11.3 Å². The second-order valence-corrected chi connectivity index (χ2v) is 3.73. The van der Waals surface area contributed by atoms with Crippen molar-refractivity contribution >= 4 is 5.91 Å². The van der Waals surface area contributed by atoms with Crippen LogP contribution in [0.15, 0.2) is 0 Å². The number of amides is 1. The molecule has 4 nitrogen and oxygen atoms in total. The normalized spacial score (nSPS) is 15.9. The third-order valence-electron chi connectivity index (χ3n) is 2.47. The monoisotopic (exact) mass is 195 g/mol. The van der Waals surface area contributed by atoms with Crippen molar-refractivity contribution in [3.8, 4) is 6.07 Å². The van der Waals surface area contributed by atoms with Crippen LogP contribution >= 0.6 is 0 Å². The Labute approximate surface area is 85.1 Å². The molecule has 1 heterocycles. The zero-order valence-corrected chi connectivity index (χ0v) is 8.70. The molecule has 0 saturated carbocycles. The molecule has 1 aliphatic heterocycles. The highest BCUT2D eigenvalue weighted by Crippen LogP contribution is 2.07. The summed E-state index contributed by atoms with van der Waals surface area (Å²) in [4.78, 5) is 15.4. The number of carbonyl (C=O) groups excluding carboxylic acids is 1. The van der Waals surface area contributed by atoms with Crippen LogP contribution in [0.4, 0.5) is 0 Å². The molecule has 0 bridgehead atoms. The van der Waals surface area contributed by atoms with Crippen LogP contribution in [0.25, 0.3) is 0 Å². The van der Waals surface area contributed by atoms with Crippen molar-refractivity contribution in [2.45, 2.75) is 19.3 Å². The van der Waals surface area contributed by atoms with E-state index < -0.39 is 0 Å². The largest absolute Gasteiger partial charge is 0.342 e. The van der Waals surface area contributed by atoms with E-state index in [0.717, 1.165) is 25.9 Å². The standard InChI is InChI=1S/C10H17N3O/c1-12(6-4-5-11)9-10(14)13-7-2-3-8-13/h2-4,6-9H2,1H3. The molecule has 0 aliphatic carbocycles. The molecule has 4 heteroatoms. The number of hydrogen-bond acceptors (Lipinski definition) is 3. The van der Waals surface area contributed by atoms with Gasteiger partial charge in [-0.25, -0.2) is 0 Å². The SMILES string of the molecule is CN(CCC#N)CC(=O)N1CCCC1. The average Bonchev–Trinajstić information content (AvgIpc) is 2.67.